The van der Waals surface area contributed by atoms with Crippen LogP contribution in [0.3, 0.4) is 0 Å². The average Bonchev–Trinajstić information content (AvgIpc) is 3.29. The second kappa shape index (κ2) is 9.67. The van der Waals surface area contributed by atoms with Crippen molar-refractivity contribution >= 4 is 22.5 Å². The fraction of sp³-hybridized carbons (Fsp3) is 0.125. The summed E-state index contributed by atoms with van der Waals surface area (Å²) in [4.78, 5) is 13.9. The van der Waals surface area contributed by atoms with Crippen molar-refractivity contribution in [2.45, 2.75) is 25.4 Å². The number of fused-ring (bicyclic) bond motifs is 1. The number of carbonyl (C=O) groups is 1. The van der Waals surface area contributed by atoms with Crippen LogP contribution in [0, 0.1) is 0 Å². The van der Waals surface area contributed by atoms with Crippen LogP contribution in [-0.4, -0.2) is 21.2 Å². The van der Waals surface area contributed by atoms with Gasteiger partial charge in [-0.2, -0.15) is 5.10 Å². The topological polar surface area (TPSA) is 37.6 Å². The van der Waals surface area contributed by atoms with Crippen molar-refractivity contribution in [1.82, 2.24) is 9.58 Å². The first-order valence-corrected chi connectivity index (χ1v) is 12.4. The van der Waals surface area contributed by atoms with E-state index in [1.54, 1.807) is 5.01 Å². The Hall–Kier alpha value is -4.44. The minimum absolute atomic E-state index is 0.0427. The number of para-hydroxylation sites is 1. The molecule has 0 fully saturated rings. The minimum atomic E-state index is -0.302. The molecular formula is C32H27N3O. The van der Waals surface area contributed by atoms with Crippen LogP contribution in [0.5, 0.6) is 0 Å². The van der Waals surface area contributed by atoms with E-state index < -0.39 is 0 Å². The van der Waals surface area contributed by atoms with Gasteiger partial charge in [0.2, 0.25) is 0 Å². The quantitative estimate of drug-likeness (QED) is 0.276. The fourth-order valence-corrected chi connectivity index (χ4v) is 5.08. The van der Waals surface area contributed by atoms with Gasteiger partial charge in [-0.1, -0.05) is 109 Å². The standard InChI is InChI=1S/C32H27N3O/c36-32-28(29-23-34(21-24-12-4-1-5-13-24)31-19-11-10-18-27(29)31)20-30(26-16-8-3-9-17-26)33-35(32)22-25-14-6-2-7-15-25/h1-19,23,28H,20-22H2/t28-/m0/s1. The number of nitrogens with zero attached hydrogens (tertiary/aromatic N) is 3. The minimum Gasteiger partial charge on any atom is -0.343 e. The molecule has 5 aromatic rings. The van der Waals surface area contributed by atoms with Crippen molar-refractivity contribution in [1.29, 1.82) is 0 Å². The maximum Gasteiger partial charge on any atom is 0.250 e. The molecule has 1 amide bonds. The largest absolute Gasteiger partial charge is 0.343 e. The van der Waals surface area contributed by atoms with Gasteiger partial charge in [-0.25, -0.2) is 5.01 Å². The van der Waals surface area contributed by atoms with E-state index in [1.165, 1.54) is 5.56 Å². The van der Waals surface area contributed by atoms with Gasteiger partial charge in [0, 0.05) is 30.1 Å². The van der Waals surface area contributed by atoms with Gasteiger partial charge >= 0.3 is 0 Å². The number of hydrazone groups is 1. The Balaban J connectivity index is 1.43. The summed E-state index contributed by atoms with van der Waals surface area (Å²) in [7, 11) is 0. The van der Waals surface area contributed by atoms with Crippen LogP contribution in [-0.2, 0) is 17.9 Å². The SMILES string of the molecule is O=C1[C@H](c2cn(Cc3ccccc3)c3ccccc23)CC(c2ccccc2)=NN1Cc1ccccc1. The summed E-state index contributed by atoms with van der Waals surface area (Å²) in [5, 5.41) is 7.64. The highest BCUT2D eigenvalue weighted by molar-refractivity contribution is 6.07. The predicted octanol–water partition coefficient (Wildman–Crippen LogP) is 6.61. The molecular weight excluding hydrogens is 442 g/mol. The number of carbonyl (C=O) groups excluding carboxylic acids is 1. The van der Waals surface area contributed by atoms with E-state index in [1.807, 2.05) is 54.6 Å². The van der Waals surface area contributed by atoms with Crippen LogP contribution < -0.4 is 0 Å². The third-order valence-corrected chi connectivity index (χ3v) is 6.86. The van der Waals surface area contributed by atoms with Crippen LogP contribution in [0.4, 0.5) is 0 Å². The van der Waals surface area contributed by atoms with Crippen molar-refractivity contribution in [2.75, 3.05) is 0 Å². The zero-order chi connectivity index (χ0) is 24.3. The molecule has 0 saturated carbocycles. The van der Waals surface area contributed by atoms with Gasteiger partial charge < -0.3 is 4.57 Å². The first kappa shape index (κ1) is 22.1. The molecule has 4 aromatic carbocycles. The van der Waals surface area contributed by atoms with E-state index >= 15 is 0 Å². The van der Waals surface area contributed by atoms with E-state index in [4.69, 9.17) is 5.10 Å². The van der Waals surface area contributed by atoms with Gasteiger partial charge in [-0.05, 0) is 28.3 Å². The molecule has 1 aliphatic heterocycles. The van der Waals surface area contributed by atoms with Crippen molar-refractivity contribution in [3.63, 3.8) is 0 Å². The number of rotatable bonds is 6. The number of hydrogen-bond donors (Lipinski definition) is 0. The third-order valence-electron chi connectivity index (χ3n) is 6.86. The van der Waals surface area contributed by atoms with Crippen LogP contribution in [0.1, 0.15) is 34.6 Å². The van der Waals surface area contributed by atoms with Crippen LogP contribution in [0.2, 0.25) is 0 Å². The van der Waals surface area contributed by atoms with Crippen molar-refractivity contribution < 1.29 is 4.79 Å². The molecule has 0 unspecified atom stereocenters. The Kier molecular flexibility index (Phi) is 5.92. The van der Waals surface area contributed by atoms with Crippen LogP contribution in [0.25, 0.3) is 10.9 Å². The Bertz CT molecular complexity index is 1520. The molecule has 0 N–H and O–H groups in total. The molecule has 0 saturated heterocycles. The molecule has 6 rings (SSSR count). The summed E-state index contributed by atoms with van der Waals surface area (Å²) in [6.07, 6.45) is 2.75. The Morgan fingerprint density at radius 3 is 1.97 bits per heavy atom. The zero-order valence-electron chi connectivity index (χ0n) is 20.0. The second-order valence-electron chi connectivity index (χ2n) is 9.27. The van der Waals surface area contributed by atoms with Gasteiger partial charge in [0.1, 0.15) is 0 Å². The molecule has 4 nitrogen and oxygen atoms in total. The summed E-state index contributed by atoms with van der Waals surface area (Å²) in [6, 6.07) is 39.1. The second-order valence-corrected chi connectivity index (χ2v) is 9.27. The van der Waals surface area contributed by atoms with Crippen molar-refractivity contribution in [3.8, 4) is 0 Å². The van der Waals surface area contributed by atoms with Crippen molar-refractivity contribution in [3.05, 3.63) is 144 Å². The lowest BCUT2D eigenvalue weighted by atomic mass is 9.88. The van der Waals surface area contributed by atoms with Gasteiger partial charge in [-0.3, -0.25) is 4.79 Å². The monoisotopic (exact) mass is 469 g/mol. The van der Waals surface area contributed by atoms with Gasteiger partial charge in [0.25, 0.3) is 5.91 Å². The number of amides is 1. The molecule has 0 aliphatic carbocycles. The molecule has 36 heavy (non-hydrogen) atoms. The molecule has 4 heteroatoms. The molecule has 1 aromatic heterocycles. The maximum atomic E-state index is 13.9. The lowest BCUT2D eigenvalue weighted by Gasteiger charge is -2.30. The summed E-state index contributed by atoms with van der Waals surface area (Å²) >= 11 is 0. The van der Waals surface area contributed by atoms with Crippen LogP contribution in [0.15, 0.2) is 127 Å². The predicted molar refractivity (Wildman–Crippen MR) is 145 cm³/mol. The molecule has 176 valence electrons. The van der Waals surface area contributed by atoms with E-state index in [2.05, 4.69) is 71.4 Å². The summed E-state index contributed by atoms with van der Waals surface area (Å²) < 4.78 is 2.27. The normalized spacial score (nSPS) is 15.8. The van der Waals surface area contributed by atoms with Crippen molar-refractivity contribution in [2.24, 2.45) is 5.10 Å². The maximum absolute atomic E-state index is 13.9. The van der Waals surface area contributed by atoms with Gasteiger partial charge in [0.15, 0.2) is 0 Å². The van der Waals surface area contributed by atoms with E-state index in [0.29, 0.717) is 13.0 Å². The highest BCUT2D eigenvalue weighted by Crippen LogP contribution is 2.35. The first-order chi connectivity index (χ1) is 17.8. The van der Waals surface area contributed by atoms with E-state index in [0.717, 1.165) is 39.8 Å². The highest BCUT2D eigenvalue weighted by atomic mass is 16.2. The van der Waals surface area contributed by atoms with Crippen LogP contribution >= 0.6 is 0 Å². The highest BCUT2D eigenvalue weighted by Gasteiger charge is 2.34. The first-order valence-electron chi connectivity index (χ1n) is 12.4. The van der Waals surface area contributed by atoms with E-state index in [9.17, 15) is 4.79 Å². The number of hydrogen-bond acceptors (Lipinski definition) is 2. The zero-order valence-corrected chi connectivity index (χ0v) is 20.0. The summed E-state index contributed by atoms with van der Waals surface area (Å²) in [5.74, 6) is -0.260. The van der Waals surface area contributed by atoms with E-state index in [-0.39, 0.29) is 11.8 Å². The third kappa shape index (κ3) is 4.34. The average molecular weight is 470 g/mol. The Morgan fingerprint density at radius 1 is 0.694 bits per heavy atom. The fourth-order valence-electron chi connectivity index (χ4n) is 5.08. The molecule has 2 heterocycles. The van der Waals surface area contributed by atoms with Gasteiger partial charge in [0.05, 0.1) is 18.2 Å². The lowest BCUT2D eigenvalue weighted by Crippen LogP contribution is -2.37. The Labute approximate surface area is 211 Å². The summed E-state index contributed by atoms with van der Waals surface area (Å²) in [5.41, 5.74) is 6.50. The molecule has 0 spiro atoms. The smallest absolute Gasteiger partial charge is 0.250 e. The molecule has 1 aliphatic rings. The lowest BCUT2D eigenvalue weighted by molar-refractivity contribution is -0.134. The molecule has 1 atom stereocenters. The summed E-state index contributed by atoms with van der Waals surface area (Å²) in [6.45, 7) is 1.21. The van der Waals surface area contributed by atoms with Gasteiger partial charge in [-0.15, -0.1) is 0 Å². The number of benzene rings is 4. The number of aromatic nitrogens is 1. The Morgan fingerprint density at radius 2 is 1.28 bits per heavy atom. The molecule has 0 bridgehead atoms. The molecule has 0 radical (unpaired) electrons.